The van der Waals surface area contributed by atoms with Crippen LogP contribution in [0, 0.1) is 5.92 Å². The molecule has 2 aliphatic heterocycles. The van der Waals surface area contributed by atoms with Gasteiger partial charge in [-0.2, -0.15) is 0 Å². The molecule has 0 N–H and O–H groups in total. The van der Waals surface area contributed by atoms with Crippen molar-refractivity contribution >= 4 is 11.7 Å². The Hall–Kier alpha value is -1.69. The molecule has 0 radical (unpaired) electrons. The molecule has 0 aliphatic carbocycles. The molecule has 0 bridgehead atoms. The number of hydrogen-bond donors (Lipinski definition) is 0. The Bertz CT molecular complexity index is 516. The number of carbonyl (C=O) groups excluding carboxylic acids is 1. The van der Waals surface area contributed by atoms with Gasteiger partial charge in [-0.25, -0.2) is 0 Å². The summed E-state index contributed by atoms with van der Waals surface area (Å²) in [5.41, 5.74) is 0.462. The quantitative estimate of drug-likeness (QED) is 0.845. The van der Waals surface area contributed by atoms with Gasteiger partial charge in [-0.15, -0.1) is 10.2 Å². The van der Waals surface area contributed by atoms with Crippen LogP contribution in [0.3, 0.4) is 0 Å². The third kappa shape index (κ3) is 3.80. The number of nitrogens with zero attached hydrogens (tertiary/aromatic N) is 5. The Morgan fingerprint density at radius 3 is 2.35 bits per heavy atom. The van der Waals surface area contributed by atoms with Gasteiger partial charge in [0.1, 0.15) is 0 Å². The summed E-state index contributed by atoms with van der Waals surface area (Å²) in [4.78, 5) is 19.0. The lowest BCUT2D eigenvalue weighted by atomic mass is 9.99. The number of likely N-dealkylation sites (N-methyl/N-ethyl adjacent to an activating group) is 1. The van der Waals surface area contributed by atoms with Crippen LogP contribution in [0.4, 0.5) is 5.82 Å². The Kier molecular flexibility index (Phi) is 5.10. The molecule has 23 heavy (non-hydrogen) atoms. The molecule has 0 saturated carbocycles. The zero-order valence-electron chi connectivity index (χ0n) is 14.2. The number of aromatic nitrogens is 2. The smallest absolute Gasteiger partial charge is 0.274 e. The summed E-state index contributed by atoms with van der Waals surface area (Å²) in [7, 11) is 0. The van der Waals surface area contributed by atoms with Crippen molar-refractivity contribution in [1.82, 2.24) is 20.0 Å². The maximum atomic E-state index is 12.5. The van der Waals surface area contributed by atoms with E-state index in [1.165, 1.54) is 12.8 Å². The lowest BCUT2D eigenvalue weighted by Gasteiger charge is -2.34. The summed E-state index contributed by atoms with van der Waals surface area (Å²) in [6.45, 7) is 11.0. The summed E-state index contributed by atoms with van der Waals surface area (Å²) in [6.07, 6.45) is 2.40. The van der Waals surface area contributed by atoms with Crippen LogP contribution in [-0.2, 0) is 0 Å². The molecule has 3 heterocycles. The Morgan fingerprint density at radius 2 is 1.78 bits per heavy atom. The van der Waals surface area contributed by atoms with Crippen molar-refractivity contribution in [2.45, 2.75) is 26.7 Å². The number of anilines is 1. The van der Waals surface area contributed by atoms with Gasteiger partial charge in [-0.05, 0) is 37.4 Å². The Balaban J connectivity index is 1.59. The van der Waals surface area contributed by atoms with E-state index in [1.54, 1.807) is 0 Å². The normalized spacial score (nSPS) is 20.8. The van der Waals surface area contributed by atoms with Crippen molar-refractivity contribution < 1.29 is 4.79 Å². The first-order valence-electron chi connectivity index (χ1n) is 8.77. The van der Waals surface area contributed by atoms with E-state index in [1.807, 2.05) is 17.0 Å². The minimum Gasteiger partial charge on any atom is -0.355 e. The minimum absolute atomic E-state index is 0.00655. The maximum Gasteiger partial charge on any atom is 0.274 e. The maximum absolute atomic E-state index is 12.5. The topological polar surface area (TPSA) is 52.6 Å². The SMILES string of the molecule is CCN1CCN(C(=O)c2ccc(N3CCC(C)CC3)nn2)CC1. The highest BCUT2D eigenvalue weighted by Crippen LogP contribution is 2.20. The molecule has 3 rings (SSSR count). The molecule has 2 aliphatic rings. The molecule has 1 aromatic rings. The van der Waals surface area contributed by atoms with E-state index in [0.29, 0.717) is 5.69 Å². The average molecular weight is 317 g/mol. The molecule has 2 fully saturated rings. The average Bonchev–Trinajstić information content (AvgIpc) is 2.62. The molecule has 6 heteroatoms. The lowest BCUT2D eigenvalue weighted by Crippen LogP contribution is -2.48. The summed E-state index contributed by atoms with van der Waals surface area (Å²) in [6, 6.07) is 3.77. The van der Waals surface area contributed by atoms with Crippen molar-refractivity contribution in [3.8, 4) is 0 Å². The Morgan fingerprint density at radius 1 is 1.09 bits per heavy atom. The molecule has 6 nitrogen and oxygen atoms in total. The molecule has 1 amide bonds. The second kappa shape index (κ2) is 7.25. The number of piperidine rings is 1. The molecule has 1 aromatic heterocycles. The van der Waals surface area contributed by atoms with Gasteiger partial charge in [-0.1, -0.05) is 13.8 Å². The van der Waals surface area contributed by atoms with Crippen LogP contribution in [0.1, 0.15) is 37.2 Å². The summed E-state index contributed by atoms with van der Waals surface area (Å²) in [5.74, 6) is 1.69. The monoisotopic (exact) mass is 317 g/mol. The number of amides is 1. The van der Waals surface area contributed by atoms with Crippen molar-refractivity contribution in [1.29, 1.82) is 0 Å². The van der Waals surface area contributed by atoms with Crippen molar-refractivity contribution in [3.05, 3.63) is 17.8 Å². The van der Waals surface area contributed by atoms with Crippen LogP contribution in [0.15, 0.2) is 12.1 Å². The van der Waals surface area contributed by atoms with Crippen LogP contribution < -0.4 is 4.90 Å². The first kappa shape index (κ1) is 16.2. The second-order valence-corrected chi connectivity index (χ2v) is 6.67. The fourth-order valence-electron chi connectivity index (χ4n) is 3.27. The summed E-state index contributed by atoms with van der Waals surface area (Å²) < 4.78 is 0. The number of rotatable bonds is 3. The Labute approximate surface area is 138 Å². The van der Waals surface area contributed by atoms with E-state index in [9.17, 15) is 4.79 Å². The first-order chi connectivity index (χ1) is 11.2. The van der Waals surface area contributed by atoms with Crippen LogP contribution >= 0.6 is 0 Å². The van der Waals surface area contributed by atoms with Crippen LogP contribution in [0.2, 0.25) is 0 Å². The van der Waals surface area contributed by atoms with Crippen molar-refractivity contribution in [2.75, 3.05) is 50.7 Å². The third-order valence-electron chi connectivity index (χ3n) is 5.08. The van der Waals surface area contributed by atoms with Crippen molar-refractivity contribution in [2.24, 2.45) is 5.92 Å². The molecular weight excluding hydrogens is 290 g/mol. The van der Waals surface area contributed by atoms with E-state index < -0.39 is 0 Å². The third-order valence-corrected chi connectivity index (χ3v) is 5.08. The molecule has 126 valence electrons. The molecule has 2 saturated heterocycles. The lowest BCUT2D eigenvalue weighted by molar-refractivity contribution is 0.0636. The highest BCUT2D eigenvalue weighted by molar-refractivity contribution is 5.92. The fraction of sp³-hybridized carbons (Fsp3) is 0.706. The standard InChI is InChI=1S/C17H27N5O/c1-3-20-10-12-22(13-11-20)17(23)15-4-5-16(19-18-15)21-8-6-14(2)7-9-21/h4-5,14H,3,6-13H2,1-2H3. The van der Waals surface area contributed by atoms with Gasteiger partial charge >= 0.3 is 0 Å². The zero-order chi connectivity index (χ0) is 16.2. The van der Waals surface area contributed by atoms with Crippen LogP contribution in [0.25, 0.3) is 0 Å². The van der Waals surface area contributed by atoms with Crippen LogP contribution in [0.5, 0.6) is 0 Å². The molecule has 0 unspecified atom stereocenters. The summed E-state index contributed by atoms with van der Waals surface area (Å²) >= 11 is 0. The van der Waals surface area contributed by atoms with Gasteiger partial charge in [0.05, 0.1) is 0 Å². The molecule has 0 spiro atoms. The molecular formula is C17H27N5O. The second-order valence-electron chi connectivity index (χ2n) is 6.67. The van der Waals surface area contributed by atoms with Gasteiger partial charge < -0.3 is 14.7 Å². The molecule has 0 aromatic carbocycles. The number of piperazine rings is 1. The van der Waals surface area contributed by atoms with Gasteiger partial charge in [0.2, 0.25) is 0 Å². The van der Waals surface area contributed by atoms with Crippen molar-refractivity contribution in [3.63, 3.8) is 0 Å². The summed E-state index contributed by atoms with van der Waals surface area (Å²) in [5, 5.41) is 8.48. The van der Waals surface area contributed by atoms with E-state index in [0.717, 1.165) is 57.5 Å². The zero-order valence-corrected chi connectivity index (χ0v) is 14.2. The highest BCUT2D eigenvalue weighted by atomic mass is 16.2. The molecule has 0 atom stereocenters. The van der Waals surface area contributed by atoms with E-state index >= 15 is 0 Å². The fourth-order valence-corrected chi connectivity index (χ4v) is 3.27. The van der Waals surface area contributed by atoms with E-state index in [2.05, 4.69) is 33.8 Å². The number of carbonyl (C=O) groups is 1. The van der Waals surface area contributed by atoms with Gasteiger partial charge in [0.25, 0.3) is 5.91 Å². The van der Waals surface area contributed by atoms with Gasteiger partial charge in [0, 0.05) is 39.3 Å². The number of hydrogen-bond acceptors (Lipinski definition) is 5. The largest absolute Gasteiger partial charge is 0.355 e. The van der Waals surface area contributed by atoms with Gasteiger partial charge in [-0.3, -0.25) is 4.79 Å². The predicted octanol–water partition coefficient (Wildman–Crippen LogP) is 1.49. The highest BCUT2D eigenvalue weighted by Gasteiger charge is 2.23. The van der Waals surface area contributed by atoms with E-state index in [4.69, 9.17) is 0 Å². The van der Waals surface area contributed by atoms with Crippen LogP contribution in [-0.4, -0.2) is 71.7 Å². The van der Waals surface area contributed by atoms with Gasteiger partial charge in [0.15, 0.2) is 11.5 Å². The first-order valence-corrected chi connectivity index (χ1v) is 8.77. The predicted molar refractivity (Wildman–Crippen MR) is 90.7 cm³/mol. The minimum atomic E-state index is 0.00655. The van der Waals surface area contributed by atoms with E-state index in [-0.39, 0.29) is 5.91 Å².